The molecular formula is C16H22BrNO2. The maximum Gasteiger partial charge on any atom is 0.303 e. The Hall–Kier alpha value is -0.870. The summed E-state index contributed by atoms with van der Waals surface area (Å²) in [5, 5.41) is 8.79. The molecule has 0 bridgehead atoms. The molecule has 110 valence electrons. The molecular weight excluding hydrogens is 318 g/mol. The SMILES string of the molecule is Cc1c(Br)cccc1CN1CCCC(CCC(=O)O)C1. The Bertz CT molecular complexity index is 476. The number of aliphatic carboxylic acids is 1. The Kier molecular flexibility index (Phi) is 5.61. The molecule has 0 aromatic heterocycles. The van der Waals surface area contributed by atoms with Crippen LogP contribution in [-0.4, -0.2) is 29.1 Å². The number of piperidine rings is 1. The van der Waals surface area contributed by atoms with Gasteiger partial charge in [0.05, 0.1) is 0 Å². The van der Waals surface area contributed by atoms with Crippen molar-refractivity contribution in [3.05, 3.63) is 33.8 Å². The summed E-state index contributed by atoms with van der Waals surface area (Å²) >= 11 is 3.58. The molecule has 1 atom stereocenters. The van der Waals surface area contributed by atoms with Crippen LogP contribution in [0.3, 0.4) is 0 Å². The van der Waals surface area contributed by atoms with Crippen LogP contribution in [0.5, 0.6) is 0 Å². The van der Waals surface area contributed by atoms with Gasteiger partial charge in [-0.25, -0.2) is 0 Å². The van der Waals surface area contributed by atoms with E-state index in [0.29, 0.717) is 12.3 Å². The highest BCUT2D eigenvalue weighted by molar-refractivity contribution is 9.10. The third kappa shape index (κ3) is 4.32. The lowest BCUT2D eigenvalue weighted by molar-refractivity contribution is -0.137. The van der Waals surface area contributed by atoms with Gasteiger partial charge in [0.2, 0.25) is 0 Å². The minimum absolute atomic E-state index is 0.300. The molecule has 1 N–H and O–H groups in total. The van der Waals surface area contributed by atoms with Gasteiger partial charge in [0, 0.05) is 24.0 Å². The van der Waals surface area contributed by atoms with Gasteiger partial charge in [0.15, 0.2) is 0 Å². The van der Waals surface area contributed by atoms with Crippen LogP contribution >= 0.6 is 15.9 Å². The van der Waals surface area contributed by atoms with E-state index in [1.807, 2.05) is 0 Å². The molecule has 2 rings (SSSR count). The zero-order chi connectivity index (χ0) is 14.5. The summed E-state index contributed by atoms with van der Waals surface area (Å²) in [6.45, 7) is 5.26. The van der Waals surface area contributed by atoms with E-state index in [4.69, 9.17) is 5.11 Å². The van der Waals surface area contributed by atoms with E-state index in [0.717, 1.165) is 30.5 Å². The minimum atomic E-state index is -0.676. The number of halogens is 1. The molecule has 1 aromatic rings. The van der Waals surface area contributed by atoms with Crippen molar-refractivity contribution < 1.29 is 9.90 Å². The molecule has 1 aliphatic heterocycles. The molecule has 1 saturated heterocycles. The van der Waals surface area contributed by atoms with Crippen LogP contribution in [0.15, 0.2) is 22.7 Å². The smallest absolute Gasteiger partial charge is 0.303 e. The number of carbonyl (C=O) groups is 1. The summed E-state index contributed by atoms with van der Waals surface area (Å²) in [4.78, 5) is 13.1. The van der Waals surface area contributed by atoms with Crippen molar-refractivity contribution in [3.8, 4) is 0 Å². The molecule has 1 aromatic carbocycles. The van der Waals surface area contributed by atoms with Gasteiger partial charge in [-0.1, -0.05) is 28.1 Å². The summed E-state index contributed by atoms with van der Waals surface area (Å²) < 4.78 is 1.16. The second-order valence-corrected chi connectivity index (χ2v) is 6.55. The van der Waals surface area contributed by atoms with E-state index in [2.05, 4.69) is 46.0 Å². The van der Waals surface area contributed by atoms with Crippen LogP contribution in [0.1, 0.15) is 36.8 Å². The molecule has 0 amide bonds. The van der Waals surface area contributed by atoms with Gasteiger partial charge in [0.25, 0.3) is 0 Å². The summed E-state index contributed by atoms with van der Waals surface area (Å²) in [6.07, 6.45) is 3.45. The summed E-state index contributed by atoms with van der Waals surface area (Å²) in [5.74, 6) is -0.141. The monoisotopic (exact) mass is 339 g/mol. The minimum Gasteiger partial charge on any atom is -0.481 e. The number of rotatable bonds is 5. The van der Waals surface area contributed by atoms with Gasteiger partial charge in [0.1, 0.15) is 0 Å². The molecule has 4 heteroatoms. The molecule has 1 unspecified atom stereocenters. The molecule has 3 nitrogen and oxygen atoms in total. The number of likely N-dealkylation sites (tertiary alicyclic amines) is 1. The first-order valence-corrected chi connectivity index (χ1v) is 8.03. The number of carboxylic acid groups (broad SMARTS) is 1. The molecule has 0 aliphatic carbocycles. The van der Waals surface area contributed by atoms with Gasteiger partial charge in [-0.2, -0.15) is 0 Å². The average molecular weight is 340 g/mol. The Morgan fingerprint density at radius 2 is 2.30 bits per heavy atom. The fraction of sp³-hybridized carbons (Fsp3) is 0.562. The number of benzene rings is 1. The molecule has 20 heavy (non-hydrogen) atoms. The van der Waals surface area contributed by atoms with Crippen molar-refractivity contribution in [1.29, 1.82) is 0 Å². The Morgan fingerprint density at radius 3 is 3.05 bits per heavy atom. The Labute approximate surface area is 129 Å². The number of hydrogen-bond acceptors (Lipinski definition) is 2. The summed E-state index contributed by atoms with van der Waals surface area (Å²) in [5.41, 5.74) is 2.67. The van der Waals surface area contributed by atoms with Gasteiger partial charge >= 0.3 is 5.97 Å². The maximum absolute atomic E-state index is 10.7. The predicted molar refractivity (Wildman–Crippen MR) is 83.7 cm³/mol. The quantitative estimate of drug-likeness (QED) is 0.886. The van der Waals surface area contributed by atoms with Gasteiger partial charge in [-0.3, -0.25) is 9.69 Å². The maximum atomic E-state index is 10.7. The van der Waals surface area contributed by atoms with E-state index < -0.39 is 5.97 Å². The molecule has 0 saturated carbocycles. The van der Waals surface area contributed by atoms with Crippen LogP contribution in [0.4, 0.5) is 0 Å². The zero-order valence-electron chi connectivity index (χ0n) is 11.9. The van der Waals surface area contributed by atoms with Crippen molar-refractivity contribution >= 4 is 21.9 Å². The van der Waals surface area contributed by atoms with Gasteiger partial charge in [-0.05, 0) is 55.8 Å². The van der Waals surface area contributed by atoms with Gasteiger partial charge in [-0.15, -0.1) is 0 Å². The van der Waals surface area contributed by atoms with E-state index >= 15 is 0 Å². The first kappa shape index (κ1) is 15.5. The van der Waals surface area contributed by atoms with Crippen LogP contribution in [0.2, 0.25) is 0 Å². The van der Waals surface area contributed by atoms with E-state index in [1.165, 1.54) is 24.0 Å². The molecule has 0 radical (unpaired) electrons. The van der Waals surface area contributed by atoms with Crippen LogP contribution in [0.25, 0.3) is 0 Å². The van der Waals surface area contributed by atoms with E-state index in [-0.39, 0.29) is 0 Å². The van der Waals surface area contributed by atoms with Crippen LogP contribution in [-0.2, 0) is 11.3 Å². The number of nitrogens with zero attached hydrogens (tertiary/aromatic N) is 1. The molecule has 1 fully saturated rings. The van der Waals surface area contributed by atoms with Crippen molar-refractivity contribution in [1.82, 2.24) is 4.90 Å². The fourth-order valence-electron chi connectivity index (χ4n) is 2.92. The largest absolute Gasteiger partial charge is 0.481 e. The van der Waals surface area contributed by atoms with Crippen molar-refractivity contribution in [2.75, 3.05) is 13.1 Å². The Balaban J connectivity index is 1.92. The molecule has 1 aliphatic rings. The van der Waals surface area contributed by atoms with Crippen LogP contribution < -0.4 is 0 Å². The standard InChI is InChI=1S/C16H22BrNO2/c1-12-14(5-2-6-15(12)17)11-18-9-3-4-13(10-18)7-8-16(19)20/h2,5-6,13H,3-4,7-11H2,1H3,(H,19,20). The van der Waals surface area contributed by atoms with Crippen molar-refractivity contribution in [3.63, 3.8) is 0 Å². The van der Waals surface area contributed by atoms with Crippen molar-refractivity contribution in [2.24, 2.45) is 5.92 Å². The third-order valence-corrected chi connectivity index (χ3v) is 5.00. The lowest BCUT2D eigenvalue weighted by Gasteiger charge is -2.33. The lowest BCUT2D eigenvalue weighted by Crippen LogP contribution is -2.35. The second-order valence-electron chi connectivity index (χ2n) is 5.70. The summed E-state index contributed by atoms with van der Waals surface area (Å²) in [7, 11) is 0. The Morgan fingerprint density at radius 1 is 1.50 bits per heavy atom. The first-order chi connectivity index (χ1) is 9.56. The number of hydrogen-bond donors (Lipinski definition) is 1. The lowest BCUT2D eigenvalue weighted by atomic mass is 9.93. The third-order valence-electron chi connectivity index (χ3n) is 4.14. The van der Waals surface area contributed by atoms with E-state index in [1.54, 1.807) is 0 Å². The number of carboxylic acids is 1. The zero-order valence-corrected chi connectivity index (χ0v) is 13.5. The average Bonchev–Trinajstić information content (AvgIpc) is 2.42. The van der Waals surface area contributed by atoms with Crippen LogP contribution in [0, 0.1) is 12.8 Å². The molecule has 0 spiro atoms. The normalized spacial score (nSPS) is 20.0. The van der Waals surface area contributed by atoms with E-state index in [9.17, 15) is 4.79 Å². The highest BCUT2D eigenvalue weighted by Crippen LogP contribution is 2.25. The highest BCUT2D eigenvalue weighted by atomic mass is 79.9. The highest BCUT2D eigenvalue weighted by Gasteiger charge is 2.21. The van der Waals surface area contributed by atoms with Gasteiger partial charge < -0.3 is 5.11 Å². The second kappa shape index (κ2) is 7.23. The molecule has 1 heterocycles. The topological polar surface area (TPSA) is 40.5 Å². The summed E-state index contributed by atoms with van der Waals surface area (Å²) in [6, 6.07) is 6.34. The first-order valence-electron chi connectivity index (χ1n) is 7.24. The fourth-order valence-corrected chi connectivity index (χ4v) is 3.33. The van der Waals surface area contributed by atoms with Crippen molar-refractivity contribution in [2.45, 2.75) is 39.2 Å². The predicted octanol–water partition coefficient (Wildman–Crippen LogP) is 3.83.